The molecule has 0 fully saturated rings. The van der Waals surface area contributed by atoms with Crippen molar-refractivity contribution in [2.45, 2.75) is 19.9 Å². The Morgan fingerprint density at radius 3 is 2.57 bits per heavy atom. The monoisotopic (exact) mass is 279 g/mol. The SMILES string of the molecule is CCc1cnc(NCc2cc(-c3ccccc3)n[nH]2)nc1. The quantitative estimate of drug-likeness (QED) is 0.753. The van der Waals surface area contributed by atoms with Crippen LogP contribution in [0, 0.1) is 0 Å². The number of nitrogens with zero attached hydrogens (tertiary/aromatic N) is 3. The first kappa shape index (κ1) is 13.3. The fourth-order valence-electron chi connectivity index (χ4n) is 2.01. The third-order valence-corrected chi connectivity index (χ3v) is 3.25. The Labute approximate surface area is 123 Å². The van der Waals surface area contributed by atoms with E-state index in [-0.39, 0.29) is 0 Å². The molecule has 5 heteroatoms. The van der Waals surface area contributed by atoms with Gasteiger partial charge in [0.25, 0.3) is 0 Å². The molecule has 0 aliphatic carbocycles. The summed E-state index contributed by atoms with van der Waals surface area (Å²) in [5.74, 6) is 0.628. The predicted molar refractivity (Wildman–Crippen MR) is 82.8 cm³/mol. The van der Waals surface area contributed by atoms with Gasteiger partial charge in [0, 0.05) is 18.0 Å². The Bertz CT molecular complexity index is 688. The summed E-state index contributed by atoms with van der Waals surface area (Å²) in [5, 5.41) is 10.5. The maximum Gasteiger partial charge on any atom is 0.222 e. The summed E-state index contributed by atoms with van der Waals surface area (Å²) in [6.45, 7) is 2.70. The molecule has 21 heavy (non-hydrogen) atoms. The molecule has 2 N–H and O–H groups in total. The minimum absolute atomic E-state index is 0.616. The van der Waals surface area contributed by atoms with Gasteiger partial charge in [-0.15, -0.1) is 0 Å². The maximum atomic E-state index is 4.32. The fourth-order valence-corrected chi connectivity index (χ4v) is 2.01. The molecule has 5 nitrogen and oxygen atoms in total. The highest BCUT2D eigenvalue weighted by molar-refractivity contribution is 5.58. The van der Waals surface area contributed by atoms with E-state index >= 15 is 0 Å². The van der Waals surface area contributed by atoms with Gasteiger partial charge in [-0.3, -0.25) is 5.10 Å². The Morgan fingerprint density at radius 2 is 1.86 bits per heavy atom. The molecular formula is C16H17N5. The molecule has 1 aromatic carbocycles. The molecule has 3 aromatic rings. The maximum absolute atomic E-state index is 4.32. The normalized spacial score (nSPS) is 10.5. The number of anilines is 1. The molecule has 0 amide bonds. The summed E-state index contributed by atoms with van der Waals surface area (Å²) < 4.78 is 0. The van der Waals surface area contributed by atoms with Crippen molar-refractivity contribution in [1.82, 2.24) is 20.2 Å². The third-order valence-electron chi connectivity index (χ3n) is 3.25. The second-order valence-corrected chi connectivity index (χ2v) is 4.77. The molecule has 106 valence electrons. The topological polar surface area (TPSA) is 66.5 Å². The van der Waals surface area contributed by atoms with Gasteiger partial charge in [-0.1, -0.05) is 37.3 Å². The molecule has 0 saturated heterocycles. The first-order valence-electron chi connectivity index (χ1n) is 6.99. The van der Waals surface area contributed by atoms with Crippen LogP contribution in [0.5, 0.6) is 0 Å². The Hall–Kier alpha value is -2.69. The average Bonchev–Trinajstić information content (AvgIpc) is 3.03. The highest BCUT2D eigenvalue weighted by atomic mass is 15.2. The minimum Gasteiger partial charge on any atom is -0.349 e. The van der Waals surface area contributed by atoms with Crippen LogP contribution < -0.4 is 5.32 Å². The van der Waals surface area contributed by atoms with Crippen molar-refractivity contribution in [3.63, 3.8) is 0 Å². The Balaban J connectivity index is 1.64. The van der Waals surface area contributed by atoms with E-state index in [0.29, 0.717) is 12.5 Å². The first-order valence-corrected chi connectivity index (χ1v) is 6.99. The third kappa shape index (κ3) is 3.25. The number of H-pyrrole nitrogens is 1. The highest BCUT2D eigenvalue weighted by Gasteiger charge is 2.04. The van der Waals surface area contributed by atoms with Crippen LogP contribution in [-0.4, -0.2) is 20.2 Å². The number of hydrogen-bond donors (Lipinski definition) is 2. The van der Waals surface area contributed by atoms with Crippen molar-refractivity contribution >= 4 is 5.95 Å². The number of aromatic nitrogens is 4. The molecule has 0 saturated carbocycles. The molecule has 0 aliphatic rings. The van der Waals surface area contributed by atoms with Gasteiger partial charge >= 0.3 is 0 Å². The second kappa shape index (κ2) is 6.17. The highest BCUT2D eigenvalue weighted by Crippen LogP contribution is 2.17. The summed E-state index contributed by atoms with van der Waals surface area (Å²) in [7, 11) is 0. The van der Waals surface area contributed by atoms with E-state index in [4.69, 9.17) is 0 Å². The summed E-state index contributed by atoms with van der Waals surface area (Å²) in [5.41, 5.74) is 4.17. The largest absolute Gasteiger partial charge is 0.349 e. The van der Waals surface area contributed by atoms with E-state index < -0.39 is 0 Å². The summed E-state index contributed by atoms with van der Waals surface area (Å²) in [6.07, 6.45) is 4.64. The zero-order valence-corrected chi connectivity index (χ0v) is 11.9. The first-order chi connectivity index (χ1) is 10.3. The minimum atomic E-state index is 0.616. The molecule has 0 unspecified atom stereocenters. The van der Waals surface area contributed by atoms with Gasteiger partial charge in [0.1, 0.15) is 0 Å². The lowest BCUT2D eigenvalue weighted by molar-refractivity contribution is 0.954. The molecule has 0 spiro atoms. The van der Waals surface area contributed by atoms with Crippen LogP contribution in [0.15, 0.2) is 48.8 Å². The Kier molecular flexibility index (Phi) is 3.91. The number of rotatable bonds is 5. The van der Waals surface area contributed by atoms with Crippen molar-refractivity contribution in [3.8, 4) is 11.3 Å². The number of hydrogen-bond acceptors (Lipinski definition) is 4. The number of aryl methyl sites for hydroxylation is 1. The van der Waals surface area contributed by atoms with Crippen LogP contribution in [0.4, 0.5) is 5.95 Å². The van der Waals surface area contributed by atoms with E-state index in [9.17, 15) is 0 Å². The van der Waals surface area contributed by atoms with E-state index in [0.717, 1.165) is 28.9 Å². The second-order valence-electron chi connectivity index (χ2n) is 4.77. The zero-order chi connectivity index (χ0) is 14.5. The van der Waals surface area contributed by atoms with E-state index in [1.165, 1.54) is 0 Å². The van der Waals surface area contributed by atoms with E-state index in [1.54, 1.807) is 0 Å². The lowest BCUT2D eigenvalue weighted by Gasteiger charge is -2.02. The van der Waals surface area contributed by atoms with E-state index in [2.05, 4.69) is 32.4 Å². The van der Waals surface area contributed by atoms with Crippen LogP contribution in [-0.2, 0) is 13.0 Å². The zero-order valence-electron chi connectivity index (χ0n) is 11.9. The van der Waals surface area contributed by atoms with Gasteiger partial charge in [-0.05, 0) is 18.1 Å². The van der Waals surface area contributed by atoms with Crippen LogP contribution in [0.25, 0.3) is 11.3 Å². The van der Waals surface area contributed by atoms with Crippen molar-refractivity contribution in [1.29, 1.82) is 0 Å². The van der Waals surface area contributed by atoms with Crippen molar-refractivity contribution in [2.24, 2.45) is 0 Å². The van der Waals surface area contributed by atoms with Gasteiger partial charge in [0.15, 0.2) is 0 Å². The van der Waals surface area contributed by atoms with Crippen LogP contribution >= 0.6 is 0 Å². The van der Waals surface area contributed by atoms with Crippen molar-refractivity contribution < 1.29 is 0 Å². The average molecular weight is 279 g/mol. The molecular weight excluding hydrogens is 262 g/mol. The van der Waals surface area contributed by atoms with Gasteiger partial charge in [0.05, 0.1) is 17.9 Å². The summed E-state index contributed by atoms with van der Waals surface area (Å²) in [6, 6.07) is 12.1. The number of aromatic amines is 1. The van der Waals surface area contributed by atoms with Crippen molar-refractivity contribution in [3.05, 3.63) is 60.0 Å². The predicted octanol–water partition coefficient (Wildman–Crippen LogP) is 3.04. The van der Waals surface area contributed by atoms with Gasteiger partial charge in [-0.2, -0.15) is 5.10 Å². The fraction of sp³-hybridized carbons (Fsp3) is 0.188. The van der Waals surface area contributed by atoms with Crippen LogP contribution in [0.3, 0.4) is 0 Å². The molecule has 2 heterocycles. The van der Waals surface area contributed by atoms with Crippen LogP contribution in [0.2, 0.25) is 0 Å². The Morgan fingerprint density at radius 1 is 1.10 bits per heavy atom. The number of benzene rings is 1. The lowest BCUT2D eigenvalue weighted by Crippen LogP contribution is -2.04. The van der Waals surface area contributed by atoms with Gasteiger partial charge in [-0.25, -0.2) is 9.97 Å². The van der Waals surface area contributed by atoms with Gasteiger partial charge < -0.3 is 5.32 Å². The van der Waals surface area contributed by atoms with Crippen LogP contribution in [0.1, 0.15) is 18.2 Å². The molecule has 2 aromatic heterocycles. The summed E-state index contributed by atoms with van der Waals surface area (Å²) in [4.78, 5) is 8.55. The molecule has 0 atom stereocenters. The van der Waals surface area contributed by atoms with E-state index in [1.807, 2.05) is 48.8 Å². The lowest BCUT2D eigenvalue weighted by atomic mass is 10.1. The summed E-state index contributed by atoms with van der Waals surface area (Å²) >= 11 is 0. The standard InChI is InChI=1S/C16H17N5/c1-2-12-9-17-16(18-10-12)19-11-14-8-15(21-20-14)13-6-4-3-5-7-13/h3-10H,2,11H2,1H3,(H,20,21)(H,17,18,19). The molecule has 3 rings (SSSR count). The molecule has 0 aliphatic heterocycles. The van der Waals surface area contributed by atoms with Crippen molar-refractivity contribution in [2.75, 3.05) is 5.32 Å². The smallest absolute Gasteiger partial charge is 0.222 e. The molecule has 0 bridgehead atoms. The number of nitrogens with one attached hydrogen (secondary N) is 2. The molecule has 0 radical (unpaired) electrons. The van der Waals surface area contributed by atoms with Gasteiger partial charge in [0.2, 0.25) is 5.95 Å².